The van der Waals surface area contributed by atoms with Crippen LogP contribution in [0.3, 0.4) is 0 Å². The maximum Gasteiger partial charge on any atom is 0.416 e. The quantitative estimate of drug-likeness (QED) is 0.732. The van der Waals surface area contributed by atoms with Gasteiger partial charge in [0.2, 0.25) is 11.8 Å². The van der Waals surface area contributed by atoms with Crippen LogP contribution in [0.2, 0.25) is 5.02 Å². The summed E-state index contributed by atoms with van der Waals surface area (Å²) in [5.74, 6) is -1.06. The van der Waals surface area contributed by atoms with E-state index in [1.165, 1.54) is 0 Å². The Morgan fingerprint density at radius 1 is 1.17 bits per heavy atom. The van der Waals surface area contributed by atoms with Crippen LogP contribution in [0.25, 0.3) is 0 Å². The van der Waals surface area contributed by atoms with E-state index in [1.54, 1.807) is 4.90 Å². The number of hydrogen-bond acceptors (Lipinski definition) is 2. The van der Waals surface area contributed by atoms with Gasteiger partial charge in [0.15, 0.2) is 0 Å². The average Bonchev–Trinajstić information content (AvgIpc) is 2.48. The molecule has 0 heterocycles. The topological polar surface area (TPSA) is 49.4 Å². The Morgan fingerprint density at radius 2 is 1.75 bits per heavy atom. The lowest BCUT2D eigenvalue weighted by molar-refractivity contribution is -0.138. The van der Waals surface area contributed by atoms with Crippen molar-refractivity contribution in [2.75, 3.05) is 18.4 Å². The summed E-state index contributed by atoms with van der Waals surface area (Å²) in [6.07, 6.45) is -3.47. The number of nitrogens with one attached hydrogen (secondary N) is 1. The predicted molar refractivity (Wildman–Crippen MR) is 86.9 cm³/mol. The number of benzene rings is 1. The van der Waals surface area contributed by atoms with Gasteiger partial charge in [0.25, 0.3) is 0 Å². The third-order valence-corrected chi connectivity index (χ3v) is 3.55. The molecule has 0 aliphatic carbocycles. The molecule has 0 aromatic heterocycles. The van der Waals surface area contributed by atoms with E-state index in [0.717, 1.165) is 31.0 Å². The van der Waals surface area contributed by atoms with Crippen molar-refractivity contribution < 1.29 is 22.8 Å². The largest absolute Gasteiger partial charge is 0.416 e. The molecule has 0 aliphatic rings. The van der Waals surface area contributed by atoms with Crippen LogP contribution >= 0.6 is 11.6 Å². The van der Waals surface area contributed by atoms with Crippen LogP contribution in [0.4, 0.5) is 18.9 Å². The van der Waals surface area contributed by atoms with Gasteiger partial charge in [0.1, 0.15) is 6.42 Å². The maximum absolute atomic E-state index is 12.7. The molecular formula is C16H20ClF3N2O2. The van der Waals surface area contributed by atoms with Gasteiger partial charge in [-0.25, -0.2) is 0 Å². The number of hydrogen-bond donors (Lipinski definition) is 1. The van der Waals surface area contributed by atoms with Gasteiger partial charge >= 0.3 is 6.18 Å². The number of anilines is 1. The van der Waals surface area contributed by atoms with Gasteiger partial charge in [-0.1, -0.05) is 25.4 Å². The highest BCUT2D eigenvalue weighted by Gasteiger charge is 2.31. The minimum atomic E-state index is -4.54. The van der Waals surface area contributed by atoms with Crippen LogP contribution in [0.1, 0.15) is 38.7 Å². The Morgan fingerprint density at radius 3 is 2.25 bits per heavy atom. The third kappa shape index (κ3) is 6.03. The molecule has 134 valence electrons. The lowest BCUT2D eigenvalue weighted by Crippen LogP contribution is -2.35. The van der Waals surface area contributed by atoms with Crippen molar-refractivity contribution in [1.29, 1.82) is 0 Å². The summed E-state index contributed by atoms with van der Waals surface area (Å²) in [5, 5.41) is 2.25. The van der Waals surface area contributed by atoms with E-state index in [9.17, 15) is 22.8 Å². The Labute approximate surface area is 144 Å². The Balaban J connectivity index is 2.79. The molecule has 1 rings (SSSR count). The zero-order valence-corrected chi connectivity index (χ0v) is 14.3. The zero-order valence-electron chi connectivity index (χ0n) is 13.5. The van der Waals surface area contributed by atoms with E-state index in [2.05, 4.69) is 5.32 Å². The highest BCUT2D eigenvalue weighted by Crippen LogP contribution is 2.33. The molecule has 0 radical (unpaired) electrons. The first-order valence-corrected chi connectivity index (χ1v) is 8.01. The molecule has 0 saturated heterocycles. The van der Waals surface area contributed by atoms with E-state index in [1.807, 2.05) is 13.8 Å². The first-order valence-electron chi connectivity index (χ1n) is 7.63. The minimum absolute atomic E-state index is 0.0252. The summed E-state index contributed by atoms with van der Waals surface area (Å²) >= 11 is 5.81. The predicted octanol–water partition coefficient (Wildman–Crippen LogP) is 4.34. The number of halogens is 4. The molecule has 1 aromatic rings. The van der Waals surface area contributed by atoms with Crippen molar-refractivity contribution in [3.05, 3.63) is 28.8 Å². The highest BCUT2D eigenvalue weighted by molar-refractivity contribution is 6.33. The molecule has 0 saturated carbocycles. The van der Waals surface area contributed by atoms with E-state index in [4.69, 9.17) is 11.6 Å². The van der Waals surface area contributed by atoms with Gasteiger partial charge < -0.3 is 10.2 Å². The van der Waals surface area contributed by atoms with Crippen LogP contribution in [0.15, 0.2) is 18.2 Å². The highest BCUT2D eigenvalue weighted by atomic mass is 35.5. The number of alkyl halides is 3. The molecule has 2 amide bonds. The molecule has 0 aliphatic heterocycles. The van der Waals surface area contributed by atoms with E-state index >= 15 is 0 Å². The Kier molecular flexibility index (Phi) is 7.54. The number of amides is 2. The summed E-state index contributed by atoms with van der Waals surface area (Å²) in [6.45, 7) is 4.89. The molecule has 24 heavy (non-hydrogen) atoms. The molecule has 0 bridgehead atoms. The summed E-state index contributed by atoms with van der Waals surface area (Å²) in [4.78, 5) is 25.6. The van der Waals surface area contributed by atoms with Gasteiger partial charge in [0, 0.05) is 13.1 Å². The van der Waals surface area contributed by atoms with Crippen molar-refractivity contribution in [3.8, 4) is 0 Å². The van der Waals surface area contributed by atoms with Crippen LogP contribution < -0.4 is 5.32 Å². The van der Waals surface area contributed by atoms with Gasteiger partial charge in [-0.3, -0.25) is 9.59 Å². The second-order valence-electron chi connectivity index (χ2n) is 5.30. The second kappa shape index (κ2) is 8.92. The third-order valence-electron chi connectivity index (χ3n) is 3.22. The molecular weight excluding hydrogens is 345 g/mol. The monoisotopic (exact) mass is 364 g/mol. The van der Waals surface area contributed by atoms with Gasteiger partial charge in [-0.2, -0.15) is 13.2 Å². The van der Waals surface area contributed by atoms with Gasteiger partial charge in [0.05, 0.1) is 16.3 Å². The van der Waals surface area contributed by atoms with Crippen molar-refractivity contribution >= 4 is 29.1 Å². The molecule has 8 heteroatoms. The second-order valence-corrected chi connectivity index (χ2v) is 5.71. The van der Waals surface area contributed by atoms with Crippen molar-refractivity contribution in [2.45, 2.75) is 39.3 Å². The fourth-order valence-electron chi connectivity index (χ4n) is 2.14. The summed E-state index contributed by atoms with van der Waals surface area (Å²) in [6, 6.07) is 2.64. The summed E-state index contributed by atoms with van der Waals surface area (Å²) < 4.78 is 38.1. The smallest absolute Gasteiger partial charge is 0.342 e. The minimum Gasteiger partial charge on any atom is -0.342 e. The van der Waals surface area contributed by atoms with E-state index in [0.29, 0.717) is 13.1 Å². The zero-order chi connectivity index (χ0) is 18.3. The molecule has 0 spiro atoms. The van der Waals surface area contributed by atoms with Gasteiger partial charge in [-0.05, 0) is 31.0 Å². The maximum atomic E-state index is 12.7. The number of rotatable bonds is 7. The Hall–Kier alpha value is -1.76. The van der Waals surface area contributed by atoms with Crippen molar-refractivity contribution in [1.82, 2.24) is 4.90 Å². The van der Waals surface area contributed by atoms with Crippen molar-refractivity contribution in [3.63, 3.8) is 0 Å². The first-order chi connectivity index (χ1) is 11.2. The molecule has 1 N–H and O–H groups in total. The molecule has 0 atom stereocenters. The Bertz CT molecular complexity index is 585. The molecule has 0 fully saturated rings. The van der Waals surface area contributed by atoms with Crippen LogP contribution in [-0.4, -0.2) is 29.8 Å². The fourth-order valence-corrected chi connectivity index (χ4v) is 2.31. The summed E-state index contributed by atoms with van der Waals surface area (Å²) in [7, 11) is 0. The number of carbonyl (C=O) groups excluding carboxylic acids is 2. The van der Waals surface area contributed by atoms with E-state index in [-0.39, 0.29) is 16.6 Å². The number of carbonyl (C=O) groups is 2. The average molecular weight is 365 g/mol. The SMILES string of the molecule is CCCN(CCC)C(=O)CC(=O)Nc1cc(C(F)(F)F)ccc1Cl. The molecule has 1 aromatic carbocycles. The van der Waals surface area contributed by atoms with Gasteiger partial charge in [-0.15, -0.1) is 0 Å². The normalized spacial score (nSPS) is 11.2. The van der Waals surface area contributed by atoms with Crippen LogP contribution in [0, 0.1) is 0 Å². The van der Waals surface area contributed by atoms with E-state index < -0.39 is 24.1 Å². The lowest BCUT2D eigenvalue weighted by atomic mass is 10.2. The standard InChI is InChI=1S/C16H20ClF3N2O2/c1-3-7-22(8-4-2)15(24)10-14(23)21-13-9-11(16(18,19)20)5-6-12(13)17/h5-6,9H,3-4,7-8,10H2,1-2H3,(H,21,23). The van der Waals surface area contributed by atoms with Crippen LogP contribution in [-0.2, 0) is 15.8 Å². The molecule has 0 unspecified atom stereocenters. The number of nitrogens with zero attached hydrogens (tertiary/aromatic N) is 1. The van der Waals surface area contributed by atoms with Crippen molar-refractivity contribution in [2.24, 2.45) is 0 Å². The van der Waals surface area contributed by atoms with Crippen LogP contribution in [0.5, 0.6) is 0 Å². The lowest BCUT2D eigenvalue weighted by Gasteiger charge is -2.21. The molecule has 4 nitrogen and oxygen atoms in total. The summed E-state index contributed by atoms with van der Waals surface area (Å²) in [5.41, 5.74) is -1.09. The first kappa shape index (κ1) is 20.3. The fraction of sp³-hybridized carbons (Fsp3) is 0.500.